The molecule has 0 bridgehead atoms. The molecule has 2 aromatic carbocycles. The van der Waals surface area contributed by atoms with E-state index in [0.29, 0.717) is 31.3 Å². The number of methoxy groups -OCH3 is 1. The smallest absolute Gasteiger partial charge is 0.322 e. The van der Waals surface area contributed by atoms with Crippen LogP contribution in [-0.4, -0.2) is 50.4 Å². The van der Waals surface area contributed by atoms with Crippen LogP contribution in [0.2, 0.25) is 5.02 Å². The van der Waals surface area contributed by atoms with E-state index in [-0.39, 0.29) is 12.1 Å². The van der Waals surface area contributed by atoms with Crippen LogP contribution < -0.4 is 5.32 Å². The van der Waals surface area contributed by atoms with Crippen molar-refractivity contribution in [1.82, 2.24) is 4.90 Å². The molecular formula is C20H23ClN2O3. The molecule has 0 aromatic heterocycles. The van der Waals surface area contributed by atoms with E-state index in [1.54, 1.807) is 12.0 Å². The van der Waals surface area contributed by atoms with Crippen molar-refractivity contribution < 1.29 is 14.3 Å². The number of halogens is 1. The summed E-state index contributed by atoms with van der Waals surface area (Å²) in [6.07, 6.45) is 0.803. The Labute approximate surface area is 158 Å². The van der Waals surface area contributed by atoms with Gasteiger partial charge in [0.05, 0.1) is 12.7 Å². The molecule has 5 nitrogen and oxygen atoms in total. The number of morpholine rings is 1. The molecule has 1 aliphatic heterocycles. The van der Waals surface area contributed by atoms with Crippen LogP contribution in [0.1, 0.15) is 6.42 Å². The second kappa shape index (κ2) is 9.03. The van der Waals surface area contributed by atoms with Gasteiger partial charge >= 0.3 is 6.03 Å². The summed E-state index contributed by atoms with van der Waals surface area (Å²) >= 11 is 6.07. The van der Waals surface area contributed by atoms with Crippen LogP contribution in [0.5, 0.6) is 0 Å². The first-order valence-corrected chi connectivity index (χ1v) is 9.06. The first-order chi connectivity index (χ1) is 12.7. The fourth-order valence-electron chi connectivity index (χ4n) is 2.97. The highest BCUT2D eigenvalue weighted by molar-refractivity contribution is 6.30. The Kier molecular flexibility index (Phi) is 6.50. The Morgan fingerprint density at radius 1 is 1.27 bits per heavy atom. The Morgan fingerprint density at radius 3 is 2.81 bits per heavy atom. The van der Waals surface area contributed by atoms with Gasteiger partial charge in [-0.25, -0.2) is 4.79 Å². The zero-order valence-electron chi connectivity index (χ0n) is 14.8. The first-order valence-electron chi connectivity index (χ1n) is 8.68. The van der Waals surface area contributed by atoms with Crippen LogP contribution in [-0.2, 0) is 9.47 Å². The Balaban J connectivity index is 1.65. The Morgan fingerprint density at radius 2 is 2.04 bits per heavy atom. The third-order valence-electron chi connectivity index (χ3n) is 4.34. The minimum atomic E-state index is -0.112. The minimum absolute atomic E-state index is 0.0206. The van der Waals surface area contributed by atoms with Gasteiger partial charge in [0, 0.05) is 37.5 Å². The van der Waals surface area contributed by atoms with Gasteiger partial charge in [0.15, 0.2) is 0 Å². The van der Waals surface area contributed by atoms with Gasteiger partial charge in [0.1, 0.15) is 0 Å². The lowest BCUT2D eigenvalue weighted by Crippen LogP contribution is -2.47. The number of hydrogen-bond donors (Lipinski definition) is 1. The number of benzene rings is 2. The number of rotatable bonds is 5. The van der Waals surface area contributed by atoms with Crippen molar-refractivity contribution >= 4 is 23.3 Å². The van der Waals surface area contributed by atoms with Crippen molar-refractivity contribution in [2.75, 3.05) is 38.7 Å². The number of hydrogen-bond acceptors (Lipinski definition) is 3. The average Bonchev–Trinajstić information content (AvgIpc) is 2.67. The van der Waals surface area contributed by atoms with Crippen molar-refractivity contribution in [3.8, 4) is 11.1 Å². The van der Waals surface area contributed by atoms with Gasteiger partial charge in [0.25, 0.3) is 0 Å². The average molecular weight is 375 g/mol. The molecular weight excluding hydrogens is 352 g/mol. The summed E-state index contributed by atoms with van der Waals surface area (Å²) in [7, 11) is 1.67. The van der Waals surface area contributed by atoms with Crippen LogP contribution in [0.4, 0.5) is 10.5 Å². The summed E-state index contributed by atoms with van der Waals surface area (Å²) in [4.78, 5) is 14.4. The van der Waals surface area contributed by atoms with Crippen LogP contribution in [0.15, 0.2) is 48.5 Å². The fourth-order valence-corrected chi connectivity index (χ4v) is 3.17. The SMILES string of the molecule is COCC[C@H]1CN(C(=O)Nc2cccc(-c3cccc(Cl)c3)c2)CCO1. The number of carbonyl (C=O) groups excluding carboxylic acids is 1. The number of ether oxygens (including phenoxy) is 2. The highest BCUT2D eigenvalue weighted by Crippen LogP contribution is 2.25. The molecule has 1 fully saturated rings. The maximum absolute atomic E-state index is 12.6. The first kappa shape index (κ1) is 18.7. The summed E-state index contributed by atoms with van der Waals surface area (Å²) in [5.41, 5.74) is 2.78. The molecule has 1 N–H and O–H groups in total. The van der Waals surface area contributed by atoms with Crippen LogP contribution in [0, 0.1) is 0 Å². The van der Waals surface area contributed by atoms with E-state index in [2.05, 4.69) is 5.32 Å². The van der Waals surface area contributed by atoms with Gasteiger partial charge in [-0.3, -0.25) is 0 Å². The highest BCUT2D eigenvalue weighted by Gasteiger charge is 2.24. The van der Waals surface area contributed by atoms with E-state index >= 15 is 0 Å². The standard InChI is InChI=1S/C20H23ClN2O3/c1-25-10-8-19-14-23(9-11-26-19)20(24)22-18-7-3-5-16(13-18)15-4-2-6-17(21)12-15/h2-7,12-13,19H,8-11,14H2,1H3,(H,22,24)/t19-/m0/s1. The van der Waals surface area contributed by atoms with Gasteiger partial charge in [-0.1, -0.05) is 35.9 Å². The summed E-state index contributed by atoms with van der Waals surface area (Å²) in [6.45, 7) is 2.33. The lowest BCUT2D eigenvalue weighted by Gasteiger charge is -2.33. The second-order valence-corrected chi connectivity index (χ2v) is 6.68. The lowest BCUT2D eigenvalue weighted by atomic mass is 10.1. The van der Waals surface area contributed by atoms with Gasteiger partial charge in [-0.05, 0) is 41.8 Å². The molecule has 3 rings (SSSR count). The molecule has 0 spiro atoms. The highest BCUT2D eigenvalue weighted by atomic mass is 35.5. The molecule has 0 aliphatic carbocycles. The molecule has 0 saturated carbocycles. The summed E-state index contributed by atoms with van der Waals surface area (Å²) in [5, 5.41) is 3.67. The zero-order chi connectivity index (χ0) is 18.4. The molecule has 1 aliphatic rings. The number of anilines is 1. The number of amides is 2. The quantitative estimate of drug-likeness (QED) is 0.850. The van der Waals surface area contributed by atoms with Crippen LogP contribution in [0.3, 0.4) is 0 Å². The van der Waals surface area contributed by atoms with E-state index in [1.165, 1.54) is 0 Å². The van der Waals surface area contributed by atoms with Gasteiger partial charge in [0.2, 0.25) is 0 Å². The third kappa shape index (κ3) is 4.97. The van der Waals surface area contributed by atoms with Crippen LogP contribution in [0.25, 0.3) is 11.1 Å². The zero-order valence-corrected chi connectivity index (χ0v) is 15.5. The molecule has 1 heterocycles. The van der Waals surface area contributed by atoms with E-state index in [0.717, 1.165) is 23.2 Å². The topological polar surface area (TPSA) is 50.8 Å². The number of carbonyl (C=O) groups is 1. The van der Waals surface area contributed by atoms with Crippen LogP contribution >= 0.6 is 11.6 Å². The third-order valence-corrected chi connectivity index (χ3v) is 4.58. The molecule has 6 heteroatoms. The molecule has 2 amide bonds. The normalized spacial score (nSPS) is 17.2. The number of nitrogens with zero attached hydrogens (tertiary/aromatic N) is 1. The largest absolute Gasteiger partial charge is 0.385 e. The van der Waals surface area contributed by atoms with Gasteiger partial charge < -0.3 is 19.7 Å². The molecule has 0 unspecified atom stereocenters. The summed E-state index contributed by atoms with van der Waals surface area (Å²) < 4.78 is 10.8. The molecule has 26 heavy (non-hydrogen) atoms. The lowest BCUT2D eigenvalue weighted by molar-refractivity contribution is -0.0260. The van der Waals surface area contributed by atoms with E-state index < -0.39 is 0 Å². The maximum atomic E-state index is 12.6. The monoisotopic (exact) mass is 374 g/mol. The fraction of sp³-hybridized carbons (Fsp3) is 0.350. The van der Waals surface area contributed by atoms with Gasteiger partial charge in [-0.15, -0.1) is 0 Å². The summed E-state index contributed by atoms with van der Waals surface area (Å²) in [5.74, 6) is 0. The van der Waals surface area contributed by atoms with Crippen molar-refractivity contribution in [2.24, 2.45) is 0 Å². The molecule has 0 radical (unpaired) electrons. The molecule has 1 atom stereocenters. The predicted molar refractivity (Wildman–Crippen MR) is 104 cm³/mol. The Bertz CT molecular complexity index is 753. The van der Waals surface area contributed by atoms with E-state index in [4.69, 9.17) is 21.1 Å². The maximum Gasteiger partial charge on any atom is 0.322 e. The number of nitrogens with one attached hydrogen (secondary N) is 1. The molecule has 138 valence electrons. The summed E-state index contributed by atoms with van der Waals surface area (Å²) in [6, 6.07) is 15.3. The van der Waals surface area contributed by atoms with E-state index in [1.807, 2.05) is 48.5 Å². The second-order valence-electron chi connectivity index (χ2n) is 6.24. The predicted octanol–water partition coefficient (Wildman–Crippen LogP) is 4.28. The van der Waals surface area contributed by atoms with Gasteiger partial charge in [-0.2, -0.15) is 0 Å². The molecule has 2 aromatic rings. The van der Waals surface area contributed by atoms with E-state index in [9.17, 15) is 4.79 Å². The Hall–Kier alpha value is -2.08. The minimum Gasteiger partial charge on any atom is -0.385 e. The van der Waals surface area contributed by atoms with Crippen molar-refractivity contribution in [3.05, 3.63) is 53.6 Å². The van der Waals surface area contributed by atoms with Crippen molar-refractivity contribution in [1.29, 1.82) is 0 Å². The van der Waals surface area contributed by atoms with Crippen molar-refractivity contribution in [2.45, 2.75) is 12.5 Å². The number of urea groups is 1. The van der Waals surface area contributed by atoms with Crippen molar-refractivity contribution in [3.63, 3.8) is 0 Å². The molecule has 1 saturated heterocycles.